The van der Waals surface area contributed by atoms with Crippen LogP contribution in [0.3, 0.4) is 0 Å². The van der Waals surface area contributed by atoms with E-state index in [4.69, 9.17) is 4.74 Å². The molecule has 0 unspecified atom stereocenters. The number of hydrogen-bond donors (Lipinski definition) is 2. The molecule has 1 aliphatic heterocycles. The minimum Gasteiger partial charge on any atom is -0.393 e. The van der Waals surface area contributed by atoms with Crippen molar-refractivity contribution in [3.05, 3.63) is 0 Å². The van der Waals surface area contributed by atoms with E-state index in [1.165, 1.54) is 38.5 Å². The Labute approximate surface area is 182 Å². The zero-order chi connectivity index (χ0) is 20.9. The number of carbonyl (C=O) groups is 1. The van der Waals surface area contributed by atoms with Gasteiger partial charge in [0.1, 0.15) is 0 Å². The number of fused-ring (bicyclic) bond motifs is 5. The zero-order valence-corrected chi connectivity index (χ0v) is 19.1. The molecule has 5 rings (SSSR count). The molecule has 0 aromatic heterocycles. The molecule has 5 fully saturated rings. The maximum absolute atomic E-state index is 12.8. The number of carbonyl (C=O) groups excluding carboxylic acids is 1. The Morgan fingerprint density at radius 1 is 1.00 bits per heavy atom. The largest absolute Gasteiger partial charge is 0.393 e. The molecule has 2 N–H and O–H groups in total. The normalized spacial score (nSPS) is 49.0. The highest BCUT2D eigenvalue weighted by Crippen LogP contribution is 2.66. The van der Waals surface area contributed by atoms with E-state index in [1.54, 1.807) is 0 Å². The third kappa shape index (κ3) is 3.53. The first-order valence-electron chi connectivity index (χ1n) is 12.7. The van der Waals surface area contributed by atoms with E-state index in [0.717, 1.165) is 69.2 Å². The van der Waals surface area contributed by atoms with Crippen LogP contribution in [0.2, 0.25) is 0 Å². The van der Waals surface area contributed by atoms with Crippen LogP contribution in [-0.4, -0.2) is 60.9 Å². The molecule has 5 aliphatic rings. The maximum Gasteiger partial charge on any atom is 0.234 e. The first-order chi connectivity index (χ1) is 14.4. The van der Waals surface area contributed by atoms with Gasteiger partial charge in [-0.25, -0.2) is 0 Å². The van der Waals surface area contributed by atoms with Gasteiger partial charge in [-0.05, 0) is 92.3 Å². The van der Waals surface area contributed by atoms with Crippen molar-refractivity contribution in [3.63, 3.8) is 0 Å². The van der Waals surface area contributed by atoms with Gasteiger partial charge in [-0.2, -0.15) is 0 Å². The average molecular weight is 419 g/mol. The second-order valence-corrected chi connectivity index (χ2v) is 11.7. The second kappa shape index (κ2) is 8.04. The van der Waals surface area contributed by atoms with Crippen molar-refractivity contribution in [1.29, 1.82) is 0 Å². The van der Waals surface area contributed by atoms with Crippen molar-refractivity contribution in [2.24, 2.45) is 34.5 Å². The summed E-state index contributed by atoms with van der Waals surface area (Å²) in [6.45, 7) is 8.80. The van der Waals surface area contributed by atoms with E-state index in [0.29, 0.717) is 18.0 Å². The zero-order valence-electron chi connectivity index (χ0n) is 19.1. The third-order valence-electron chi connectivity index (χ3n) is 10.4. The molecule has 170 valence electrons. The molecule has 4 saturated carbocycles. The van der Waals surface area contributed by atoms with Gasteiger partial charge in [0.2, 0.25) is 5.91 Å². The van der Waals surface area contributed by atoms with Crippen LogP contribution in [0.5, 0.6) is 0 Å². The number of rotatable bonds is 3. The predicted molar refractivity (Wildman–Crippen MR) is 117 cm³/mol. The highest BCUT2D eigenvalue weighted by atomic mass is 16.5. The first kappa shape index (κ1) is 21.2. The van der Waals surface area contributed by atoms with Gasteiger partial charge in [-0.15, -0.1) is 0 Å². The number of amides is 1. The van der Waals surface area contributed by atoms with Crippen molar-refractivity contribution in [3.8, 4) is 0 Å². The monoisotopic (exact) mass is 418 g/mol. The quantitative estimate of drug-likeness (QED) is 0.739. The second-order valence-electron chi connectivity index (χ2n) is 11.7. The minimum absolute atomic E-state index is 0.0639. The van der Waals surface area contributed by atoms with Crippen LogP contribution in [-0.2, 0) is 9.53 Å². The summed E-state index contributed by atoms with van der Waals surface area (Å²) in [5.41, 5.74) is 0.695. The predicted octanol–water partition coefficient (Wildman–Crippen LogP) is 3.21. The van der Waals surface area contributed by atoms with Crippen LogP contribution in [0.15, 0.2) is 0 Å². The van der Waals surface area contributed by atoms with Crippen LogP contribution in [0.4, 0.5) is 0 Å². The van der Waals surface area contributed by atoms with Crippen LogP contribution < -0.4 is 5.32 Å². The summed E-state index contributed by atoms with van der Waals surface area (Å²) >= 11 is 0. The molecule has 30 heavy (non-hydrogen) atoms. The molecular weight excluding hydrogens is 376 g/mol. The fraction of sp³-hybridized carbons (Fsp3) is 0.960. The summed E-state index contributed by atoms with van der Waals surface area (Å²) in [5, 5.41) is 13.7. The lowest BCUT2D eigenvalue weighted by Gasteiger charge is -2.61. The van der Waals surface area contributed by atoms with Gasteiger partial charge in [0.05, 0.1) is 25.9 Å². The van der Waals surface area contributed by atoms with E-state index in [1.807, 2.05) is 0 Å². The fourth-order valence-corrected chi connectivity index (χ4v) is 8.67. The molecule has 0 aromatic carbocycles. The molecule has 1 amide bonds. The Morgan fingerprint density at radius 2 is 1.73 bits per heavy atom. The lowest BCUT2D eigenvalue weighted by molar-refractivity contribution is -0.131. The van der Waals surface area contributed by atoms with Gasteiger partial charge in [-0.3, -0.25) is 9.69 Å². The summed E-state index contributed by atoms with van der Waals surface area (Å²) in [6, 6.07) is 0.343. The summed E-state index contributed by atoms with van der Waals surface area (Å²) in [5.74, 6) is 3.33. The van der Waals surface area contributed by atoms with Gasteiger partial charge in [0.25, 0.3) is 0 Å². The molecule has 4 aliphatic carbocycles. The molecule has 5 heteroatoms. The van der Waals surface area contributed by atoms with Crippen LogP contribution >= 0.6 is 0 Å². The van der Waals surface area contributed by atoms with E-state index in [9.17, 15) is 9.90 Å². The third-order valence-corrected chi connectivity index (χ3v) is 10.4. The van der Waals surface area contributed by atoms with Gasteiger partial charge in [-0.1, -0.05) is 13.8 Å². The van der Waals surface area contributed by atoms with E-state index >= 15 is 0 Å². The molecule has 0 aromatic rings. The minimum atomic E-state index is -0.0639. The maximum atomic E-state index is 12.8. The molecule has 1 saturated heterocycles. The van der Waals surface area contributed by atoms with Crippen molar-refractivity contribution in [2.45, 2.75) is 83.8 Å². The topological polar surface area (TPSA) is 61.8 Å². The van der Waals surface area contributed by atoms with Gasteiger partial charge in [0.15, 0.2) is 0 Å². The van der Waals surface area contributed by atoms with Crippen molar-refractivity contribution in [2.75, 3.05) is 32.8 Å². The van der Waals surface area contributed by atoms with E-state index < -0.39 is 0 Å². The lowest BCUT2D eigenvalue weighted by atomic mass is 9.45. The van der Waals surface area contributed by atoms with Crippen molar-refractivity contribution >= 4 is 5.91 Å². The average Bonchev–Trinajstić information content (AvgIpc) is 3.05. The summed E-state index contributed by atoms with van der Waals surface area (Å²) in [6.07, 6.45) is 10.8. The molecule has 0 spiro atoms. The molecule has 1 heterocycles. The smallest absolute Gasteiger partial charge is 0.234 e. The van der Waals surface area contributed by atoms with Gasteiger partial charge < -0.3 is 15.2 Å². The molecule has 0 bridgehead atoms. The number of ether oxygens (including phenoxy) is 1. The lowest BCUT2D eigenvalue weighted by Crippen LogP contribution is -2.56. The Bertz CT molecular complexity index is 650. The molecule has 5 nitrogen and oxygen atoms in total. The van der Waals surface area contributed by atoms with Gasteiger partial charge in [0, 0.05) is 19.1 Å². The van der Waals surface area contributed by atoms with Crippen LogP contribution in [0.1, 0.15) is 71.6 Å². The highest BCUT2D eigenvalue weighted by Gasteiger charge is 2.60. The SMILES string of the molecule is C[C@]12CC[C@@H](O)C[C@@H]1CC[C@H]1[C@H]3CC[C@H](NC(=O)CN4CCOCC4)[C@@]3(C)CC[C@@H]12. The van der Waals surface area contributed by atoms with Crippen molar-refractivity contribution in [1.82, 2.24) is 10.2 Å². The standard InChI is InChI=1S/C25H42N2O3/c1-24-9-7-18(28)15-17(24)3-4-19-20-5-6-22(25(20,2)10-8-21(19)24)26-23(29)16-27-11-13-30-14-12-27/h17-22,28H,3-16H2,1-2H3,(H,26,29)/t17-,18+,19-,20+,21-,22-,24-,25-/m0/s1. The van der Waals surface area contributed by atoms with Crippen LogP contribution in [0, 0.1) is 34.5 Å². The number of aliphatic hydroxyl groups is 1. The molecule has 0 radical (unpaired) electrons. The fourth-order valence-electron chi connectivity index (χ4n) is 8.67. The van der Waals surface area contributed by atoms with Crippen LogP contribution in [0.25, 0.3) is 0 Å². The first-order valence-corrected chi connectivity index (χ1v) is 12.7. The molecular formula is C25H42N2O3. The Kier molecular flexibility index (Phi) is 5.69. The summed E-state index contributed by atoms with van der Waals surface area (Å²) in [7, 11) is 0. The number of aliphatic hydroxyl groups excluding tert-OH is 1. The van der Waals surface area contributed by atoms with Crippen molar-refractivity contribution < 1.29 is 14.6 Å². The Hall–Kier alpha value is -0.650. The number of hydrogen-bond acceptors (Lipinski definition) is 4. The summed E-state index contributed by atoms with van der Waals surface area (Å²) < 4.78 is 5.42. The number of nitrogens with one attached hydrogen (secondary N) is 1. The Balaban J connectivity index is 1.25. The van der Waals surface area contributed by atoms with E-state index in [2.05, 4.69) is 24.1 Å². The highest BCUT2D eigenvalue weighted by molar-refractivity contribution is 5.78. The van der Waals surface area contributed by atoms with Gasteiger partial charge >= 0.3 is 0 Å². The molecule has 8 atom stereocenters. The summed E-state index contributed by atoms with van der Waals surface area (Å²) in [4.78, 5) is 15.0. The number of morpholine rings is 1. The Morgan fingerprint density at radius 3 is 2.53 bits per heavy atom. The number of nitrogens with zero attached hydrogens (tertiary/aromatic N) is 1. The van der Waals surface area contributed by atoms with E-state index in [-0.39, 0.29) is 17.4 Å².